The molecule has 0 saturated heterocycles. The van der Waals surface area contributed by atoms with Gasteiger partial charge in [-0.05, 0) is 61.2 Å². The number of rotatable bonds is 7. The highest BCUT2D eigenvalue weighted by Crippen LogP contribution is 2.16. The Morgan fingerprint density at radius 3 is 2.30 bits per heavy atom. The average molecular weight is 312 g/mol. The van der Waals surface area contributed by atoms with E-state index < -0.39 is 0 Å². The third-order valence-corrected chi connectivity index (χ3v) is 3.88. The Morgan fingerprint density at radius 1 is 1.04 bits per heavy atom. The third-order valence-electron chi connectivity index (χ3n) is 3.88. The maximum absolute atomic E-state index is 11.9. The molecular formula is C19H24N2O2. The second-order valence-corrected chi connectivity index (χ2v) is 5.63. The Hall–Kier alpha value is -2.33. The van der Waals surface area contributed by atoms with E-state index in [9.17, 15) is 4.79 Å². The summed E-state index contributed by atoms with van der Waals surface area (Å²) in [5.41, 5.74) is 5.47. The van der Waals surface area contributed by atoms with E-state index in [0.29, 0.717) is 18.5 Å². The van der Waals surface area contributed by atoms with Crippen LogP contribution >= 0.6 is 0 Å². The second kappa shape index (κ2) is 8.34. The summed E-state index contributed by atoms with van der Waals surface area (Å²) in [6.07, 6.45) is 0.571. The fourth-order valence-electron chi connectivity index (χ4n) is 2.44. The molecule has 0 heterocycles. The van der Waals surface area contributed by atoms with Crippen molar-refractivity contribution < 1.29 is 9.90 Å². The molecule has 0 aliphatic rings. The Bertz CT molecular complexity index is 631. The van der Waals surface area contributed by atoms with Gasteiger partial charge in [-0.15, -0.1) is 0 Å². The van der Waals surface area contributed by atoms with Crippen LogP contribution in [-0.2, 0) is 6.54 Å². The van der Waals surface area contributed by atoms with Crippen LogP contribution in [0, 0.1) is 13.8 Å². The van der Waals surface area contributed by atoms with E-state index in [0.717, 1.165) is 12.2 Å². The van der Waals surface area contributed by atoms with Gasteiger partial charge >= 0.3 is 0 Å². The molecule has 122 valence electrons. The summed E-state index contributed by atoms with van der Waals surface area (Å²) in [6.45, 7) is 5.57. The molecule has 4 nitrogen and oxygen atoms in total. The lowest BCUT2D eigenvalue weighted by molar-refractivity contribution is 0.0951. The minimum Gasteiger partial charge on any atom is -0.396 e. The van der Waals surface area contributed by atoms with Gasteiger partial charge in [0.05, 0.1) is 0 Å². The van der Waals surface area contributed by atoms with Crippen LogP contribution < -0.4 is 10.6 Å². The van der Waals surface area contributed by atoms with Crippen molar-refractivity contribution in [3.8, 4) is 0 Å². The lowest BCUT2D eigenvalue weighted by Gasteiger charge is -2.12. The average Bonchev–Trinajstić information content (AvgIpc) is 2.55. The smallest absolute Gasteiger partial charge is 0.251 e. The molecule has 0 bridgehead atoms. The molecule has 0 aromatic heterocycles. The molecule has 0 unspecified atom stereocenters. The van der Waals surface area contributed by atoms with Crippen LogP contribution in [0.2, 0.25) is 0 Å². The van der Waals surface area contributed by atoms with Crippen LogP contribution in [0.1, 0.15) is 33.5 Å². The van der Waals surface area contributed by atoms with Gasteiger partial charge in [0.25, 0.3) is 5.91 Å². The van der Waals surface area contributed by atoms with Gasteiger partial charge in [-0.25, -0.2) is 0 Å². The van der Waals surface area contributed by atoms with Gasteiger partial charge in [-0.1, -0.05) is 18.2 Å². The summed E-state index contributed by atoms with van der Waals surface area (Å²) < 4.78 is 0. The fourth-order valence-corrected chi connectivity index (χ4v) is 2.44. The summed E-state index contributed by atoms with van der Waals surface area (Å²) in [4.78, 5) is 11.9. The maximum atomic E-state index is 11.9. The monoisotopic (exact) mass is 312 g/mol. The highest BCUT2D eigenvalue weighted by atomic mass is 16.3. The molecule has 0 aliphatic carbocycles. The zero-order valence-corrected chi connectivity index (χ0v) is 13.7. The summed E-state index contributed by atoms with van der Waals surface area (Å²) >= 11 is 0. The minimum absolute atomic E-state index is 0.0848. The molecular weight excluding hydrogens is 288 g/mol. The first-order chi connectivity index (χ1) is 11.1. The van der Waals surface area contributed by atoms with Crippen molar-refractivity contribution in [3.05, 3.63) is 64.7 Å². The summed E-state index contributed by atoms with van der Waals surface area (Å²) in [7, 11) is 0. The predicted molar refractivity (Wildman–Crippen MR) is 93.7 cm³/mol. The molecule has 0 aliphatic heterocycles. The Kier molecular flexibility index (Phi) is 6.18. The van der Waals surface area contributed by atoms with Crippen LogP contribution in [0.15, 0.2) is 42.5 Å². The number of aliphatic hydroxyl groups is 1. The van der Waals surface area contributed by atoms with Crippen molar-refractivity contribution in [1.82, 2.24) is 5.32 Å². The lowest BCUT2D eigenvalue weighted by Crippen LogP contribution is -2.24. The quantitative estimate of drug-likeness (QED) is 0.689. The molecule has 3 N–H and O–H groups in total. The van der Waals surface area contributed by atoms with Crippen molar-refractivity contribution in [1.29, 1.82) is 0 Å². The van der Waals surface area contributed by atoms with Crippen LogP contribution in [0.3, 0.4) is 0 Å². The molecule has 0 saturated carbocycles. The third kappa shape index (κ3) is 4.83. The van der Waals surface area contributed by atoms with E-state index in [2.05, 4.69) is 42.7 Å². The van der Waals surface area contributed by atoms with E-state index in [1.807, 2.05) is 12.1 Å². The van der Waals surface area contributed by atoms with Crippen molar-refractivity contribution in [2.24, 2.45) is 0 Å². The lowest BCUT2D eigenvalue weighted by atomic mass is 10.0. The summed E-state index contributed by atoms with van der Waals surface area (Å²) in [5.74, 6) is -0.111. The first kappa shape index (κ1) is 17.0. The Balaban J connectivity index is 1.94. The Labute approximate surface area is 137 Å². The van der Waals surface area contributed by atoms with E-state index >= 15 is 0 Å². The van der Waals surface area contributed by atoms with Crippen molar-refractivity contribution in [2.75, 3.05) is 18.5 Å². The van der Waals surface area contributed by atoms with Gasteiger partial charge in [-0.3, -0.25) is 4.79 Å². The van der Waals surface area contributed by atoms with Gasteiger partial charge in [0.15, 0.2) is 0 Å². The number of hydrogen-bond acceptors (Lipinski definition) is 3. The highest BCUT2D eigenvalue weighted by Gasteiger charge is 2.05. The standard InChI is InChI=1S/C19H24N2O2/c1-14-5-3-6-15(2)18(14)13-21-17-9-7-16(8-10-17)19(23)20-11-4-12-22/h3,5-10,21-22H,4,11-13H2,1-2H3,(H,20,23). The Morgan fingerprint density at radius 2 is 1.70 bits per heavy atom. The summed E-state index contributed by atoms with van der Waals surface area (Å²) in [6, 6.07) is 13.7. The number of aryl methyl sites for hydroxylation is 2. The molecule has 0 radical (unpaired) electrons. The molecule has 4 heteroatoms. The minimum atomic E-state index is -0.111. The molecule has 2 rings (SSSR count). The topological polar surface area (TPSA) is 61.4 Å². The number of carbonyl (C=O) groups is 1. The first-order valence-electron chi connectivity index (χ1n) is 7.90. The molecule has 1 amide bonds. The van der Waals surface area contributed by atoms with Crippen LogP contribution in [0.4, 0.5) is 5.69 Å². The second-order valence-electron chi connectivity index (χ2n) is 5.63. The van der Waals surface area contributed by atoms with Crippen LogP contribution in [0.5, 0.6) is 0 Å². The van der Waals surface area contributed by atoms with Gasteiger partial charge in [0.1, 0.15) is 0 Å². The molecule has 23 heavy (non-hydrogen) atoms. The van der Waals surface area contributed by atoms with Crippen molar-refractivity contribution in [3.63, 3.8) is 0 Å². The largest absolute Gasteiger partial charge is 0.396 e. The van der Waals surface area contributed by atoms with E-state index in [-0.39, 0.29) is 12.5 Å². The van der Waals surface area contributed by atoms with Crippen LogP contribution in [-0.4, -0.2) is 24.2 Å². The molecule has 2 aromatic carbocycles. The van der Waals surface area contributed by atoms with Gasteiger partial charge in [0, 0.05) is 30.9 Å². The van der Waals surface area contributed by atoms with E-state index in [1.54, 1.807) is 12.1 Å². The fraction of sp³-hybridized carbons (Fsp3) is 0.316. The normalized spacial score (nSPS) is 10.4. The van der Waals surface area contributed by atoms with Gasteiger partial charge in [-0.2, -0.15) is 0 Å². The van der Waals surface area contributed by atoms with E-state index in [1.165, 1.54) is 16.7 Å². The number of anilines is 1. The zero-order valence-electron chi connectivity index (χ0n) is 13.7. The van der Waals surface area contributed by atoms with Crippen LogP contribution in [0.25, 0.3) is 0 Å². The number of nitrogens with one attached hydrogen (secondary N) is 2. The van der Waals surface area contributed by atoms with Crippen molar-refractivity contribution in [2.45, 2.75) is 26.8 Å². The van der Waals surface area contributed by atoms with E-state index in [4.69, 9.17) is 5.11 Å². The number of aliphatic hydroxyl groups excluding tert-OH is 1. The number of amides is 1. The first-order valence-corrected chi connectivity index (χ1v) is 7.90. The van der Waals surface area contributed by atoms with Crippen molar-refractivity contribution >= 4 is 11.6 Å². The molecule has 0 spiro atoms. The van der Waals surface area contributed by atoms with Gasteiger partial charge in [0.2, 0.25) is 0 Å². The highest BCUT2D eigenvalue weighted by molar-refractivity contribution is 5.94. The molecule has 0 fully saturated rings. The van der Waals surface area contributed by atoms with Gasteiger partial charge < -0.3 is 15.7 Å². The maximum Gasteiger partial charge on any atom is 0.251 e. The number of hydrogen-bond donors (Lipinski definition) is 3. The summed E-state index contributed by atoms with van der Waals surface area (Å²) in [5, 5.41) is 14.9. The predicted octanol–water partition coefficient (Wildman–Crippen LogP) is 3.03. The molecule has 0 atom stereocenters. The zero-order chi connectivity index (χ0) is 16.7. The number of benzene rings is 2. The SMILES string of the molecule is Cc1cccc(C)c1CNc1ccc(C(=O)NCCCO)cc1. The number of carbonyl (C=O) groups excluding carboxylic acids is 1. The molecule has 2 aromatic rings.